The first-order valence-electron chi connectivity index (χ1n) is 4.91. The van der Waals surface area contributed by atoms with Gasteiger partial charge in [-0.2, -0.15) is 0 Å². The van der Waals surface area contributed by atoms with Gasteiger partial charge in [-0.15, -0.1) is 11.3 Å². The van der Waals surface area contributed by atoms with Gasteiger partial charge in [0, 0.05) is 17.8 Å². The number of nitrogens with zero attached hydrogens (tertiary/aromatic N) is 1. The Balaban J connectivity index is 2.47. The van der Waals surface area contributed by atoms with Crippen LogP contribution in [-0.2, 0) is 11.3 Å². The van der Waals surface area contributed by atoms with Gasteiger partial charge in [0.1, 0.15) is 6.04 Å². The Labute approximate surface area is 93.4 Å². The zero-order valence-corrected chi connectivity index (χ0v) is 9.97. The highest BCUT2D eigenvalue weighted by Gasteiger charge is 2.11. The zero-order valence-electron chi connectivity index (χ0n) is 9.15. The number of carboxylic acid groups (broad SMARTS) is 1. The van der Waals surface area contributed by atoms with E-state index in [1.54, 1.807) is 18.3 Å². The summed E-state index contributed by atoms with van der Waals surface area (Å²) >= 11 is 1.62. The minimum absolute atomic E-state index is 0.431. The van der Waals surface area contributed by atoms with Gasteiger partial charge in [-0.1, -0.05) is 13.8 Å². The van der Waals surface area contributed by atoms with Crippen molar-refractivity contribution in [3.63, 3.8) is 0 Å². The largest absolute Gasteiger partial charge is 0.480 e. The third-order valence-corrected chi connectivity index (χ3v) is 3.22. The van der Waals surface area contributed by atoms with E-state index in [0.717, 1.165) is 10.7 Å². The predicted octanol–water partition coefficient (Wildman–Crippen LogP) is 1.83. The minimum Gasteiger partial charge on any atom is -0.480 e. The van der Waals surface area contributed by atoms with Crippen LogP contribution in [0.4, 0.5) is 0 Å². The predicted molar refractivity (Wildman–Crippen MR) is 60.1 cm³/mol. The molecule has 1 atom stereocenters. The molecule has 5 heteroatoms. The van der Waals surface area contributed by atoms with Crippen LogP contribution >= 0.6 is 11.3 Å². The first-order chi connectivity index (χ1) is 7.00. The molecule has 0 aliphatic carbocycles. The van der Waals surface area contributed by atoms with Gasteiger partial charge >= 0.3 is 5.97 Å². The first kappa shape index (κ1) is 12.1. The molecular weight excluding hydrogens is 212 g/mol. The van der Waals surface area contributed by atoms with E-state index < -0.39 is 12.0 Å². The Kier molecular flexibility index (Phi) is 4.23. The van der Waals surface area contributed by atoms with Gasteiger partial charge < -0.3 is 5.11 Å². The summed E-state index contributed by atoms with van der Waals surface area (Å²) in [4.78, 5) is 15.0. The van der Waals surface area contributed by atoms with E-state index in [1.807, 2.05) is 5.38 Å². The van der Waals surface area contributed by atoms with E-state index >= 15 is 0 Å². The van der Waals surface area contributed by atoms with Crippen molar-refractivity contribution in [1.29, 1.82) is 0 Å². The number of hydrogen-bond acceptors (Lipinski definition) is 4. The average molecular weight is 228 g/mol. The van der Waals surface area contributed by atoms with E-state index in [2.05, 4.69) is 24.1 Å². The molecule has 15 heavy (non-hydrogen) atoms. The van der Waals surface area contributed by atoms with Gasteiger partial charge in [-0.25, -0.2) is 4.98 Å². The van der Waals surface area contributed by atoms with Gasteiger partial charge in [0.25, 0.3) is 0 Å². The summed E-state index contributed by atoms with van der Waals surface area (Å²) in [6.07, 6.45) is 0. The molecule has 0 spiro atoms. The molecule has 0 unspecified atom stereocenters. The molecule has 0 saturated carbocycles. The van der Waals surface area contributed by atoms with Gasteiger partial charge in [-0.05, 0) is 6.92 Å². The number of thiazole rings is 1. The smallest absolute Gasteiger partial charge is 0.320 e. The van der Waals surface area contributed by atoms with Gasteiger partial charge in [0.15, 0.2) is 0 Å². The summed E-state index contributed by atoms with van der Waals surface area (Å²) in [6, 6.07) is -0.533. The van der Waals surface area contributed by atoms with Crippen LogP contribution in [0.25, 0.3) is 0 Å². The zero-order chi connectivity index (χ0) is 11.4. The quantitative estimate of drug-likeness (QED) is 0.807. The number of carbonyl (C=O) groups is 1. The number of hydrogen-bond donors (Lipinski definition) is 2. The number of rotatable bonds is 5. The molecule has 0 bridgehead atoms. The molecular formula is C10H16N2O2S. The normalized spacial score (nSPS) is 13.1. The van der Waals surface area contributed by atoms with Crippen molar-refractivity contribution in [2.75, 3.05) is 0 Å². The van der Waals surface area contributed by atoms with Crippen LogP contribution in [0.5, 0.6) is 0 Å². The average Bonchev–Trinajstić information content (AvgIpc) is 2.62. The molecule has 0 fully saturated rings. The SMILES string of the molecule is CC(C)c1nc(CN[C@@H](C)C(=O)O)cs1. The lowest BCUT2D eigenvalue weighted by Crippen LogP contribution is -2.33. The Morgan fingerprint density at radius 3 is 2.73 bits per heavy atom. The van der Waals surface area contributed by atoms with Crippen molar-refractivity contribution in [2.45, 2.75) is 39.3 Å². The third-order valence-electron chi connectivity index (χ3n) is 2.02. The van der Waals surface area contributed by atoms with Crippen molar-refractivity contribution < 1.29 is 9.90 Å². The standard InChI is InChI=1S/C10H16N2O2S/c1-6(2)9-12-8(5-15-9)4-11-7(3)10(13)14/h5-7,11H,4H2,1-3H3,(H,13,14)/t7-/m0/s1. The summed E-state index contributed by atoms with van der Waals surface area (Å²) in [5.41, 5.74) is 0.914. The molecule has 0 saturated heterocycles. The maximum Gasteiger partial charge on any atom is 0.320 e. The van der Waals surface area contributed by atoms with Crippen molar-refractivity contribution in [3.05, 3.63) is 16.1 Å². The highest BCUT2D eigenvalue weighted by molar-refractivity contribution is 7.09. The van der Waals surface area contributed by atoms with Crippen LogP contribution in [-0.4, -0.2) is 22.1 Å². The fourth-order valence-corrected chi connectivity index (χ4v) is 1.85. The molecule has 0 radical (unpaired) electrons. The fraction of sp³-hybridized carbons (Fsp3) is 0.600. The summed E-state index contributed by atoms with van der Waals surface area (Å²) in [6.45, 7) is 6.32. The molecule has 1 rings (SSSR count). The summed E-state index contributed by atoms with van der Waals surface area (Å²) < 4.78 is 0. The maximum atomic E-state index is 10.6. The van der Waals surface area contributed by atoms with Crippen molar-refractivity contribution >= 4 is 17.3 Å². The molecule has 0 aromatic carbocycles. The lowest BCUT2D eigenvalue weighted by molar-refractivity contribution is -0.139. The van der Waals surface area contributed by atoms with E-state index in [1.165, 1.54) is 0 Å². The van der Waals surface area contributed by atoms with Crippen LogP contribution in [0, 0.1) is 0 Å². The second-order valence-corrected chi connectivity index (χ2v) is 4.66. The van der Waals surface area contributed by atoms with Gasteiger partial charge in [-0.3, -0.25) is 10.1 Å². The van der Waals surface area contributed by atoms with Crippen LogP contribution < -0.4 is 5.32 Å². The molecule has 4 nitrogen and oxygen atoms in total. The Bertz CT molecular complexity index is 336. The second kappa shape index (κ2) is 5.23. The lowest BCUT2D eigenvalue weighted by atomic mass is 10.2. The molecule has 84 valence electrons. The summed E-state index contributed by atoms with van der Waals surface area (Å²) in [5, 5.41) is 14.6. The van der Waals surface area contributed by atoms with E-state index in [4.69, 9.17) is 5.11 Å². The topological polar surface area (TPSA) is 62.2 Å². The van der Waals surface area contributed by atoms with Gasteiger partial charge in [0.2, 0.25) is 0 Å². The van der Waals surface area contributed by atoms with Crippen molar-refractivity contribution in [3.8, 4) is 0 Å². The molecule has 0 amide bonds. The number of carboxylic acids is 1. The molecule has 1 aromatic rings. The highest BCUT2D eigenvalue weighted by Crippen LogP contribution is 2.18. The molecule has 1 aromatic heterocycles. The summed E-state index contributed by atoms with van der Waals surface area (Å²) in [7, 11) is 0. The first-order valence-corrected chi connectivity index (χ1v) is 5.79. The van der Waals surface area contributed by atoms with Crippen LogP contribution in [0.15, 0.2) is 5.38 Å². The fourth-order valence-electron chi connectivity index (χ4n) is 1.01. The monoisotopic (exact) mass is 228 g/mol. The van der Waals surface area contributed by atoms with E-state index in [0.29, 0.717) is 12.5 Å². The van der Waals surface area contributed by atoms with E-state index in [-0.39, 0.29) is 0 Å². The number of aliphatic carboxylic acids is 1. The van der Waals surface area contributed by atoms with Crippen molar-refractivity contribution in [1.82, 2.24) is 10.3 Å². The minimum atomic E-state index is -0.839. The van der Waals surface area contributed by atoms with E-state index in [9.17, 15) is 4.79 Å². The molecule has 0 aliphatic heterocycles. The van der Waals surface area contributed by atoms with Crippen LogP contribution in [0.3, 0.4) is 0 Å². The number of nitrogens with one attached hydrogen (secondary N) is 1. The van der Waals surface area contributed by atoms with Crippen LogP contribution in [0.2, 0.25) is 0 Å². The Morgan fingerprint density at radius 1 is 1.60 bits per heavy atom. The number of aromatic nitrogens is 1. The third kappa shape index (κ3) is 3.60. The Morgan fingerprint density at radius 2 is 2.27 bits per heavy atom. The molecule has 0 aliphatic rings. The summed E-state index contributed by atoms with van der Waals surface area (Å²) in [5.74, 6) is -0.407. The maximum absolute atomic E-state index is 10.6. The molecule has 2 N–H and O–H groups in total. The molecule has 1 heterocycles. The van der Waals surface area contributed by atoms with Crippen molar-refractivity contribution in [2.24, 2.45) is 0 Å². The Hall–Kier alpha value is -0.940. The highest BCUT2D eigenvalue weighted by atomic mass is 32.1. The second-order valence-electron chi connectivity index (χ2n) is 3.77. The lowest BCUT2D eigenvalue weighted by Gasteiger charge is -2.06. The van der Waals surface area contributed by atoms with Gasteiger partial charge in [0.05, 0.1) is 10.7 Å². The van der Waals surface area contributed by atoms with Crippen LogP contribution in [0.1, 0.15) is 37.4 Å².